The summed E-state index contributed by atoms with van der Waals surface area (Å²) in [6, 6.07) is 7.54. The smallest absolute Gasteiger partial charge is 0.310 e. The van der Waals surface area contributed by atoms with E-state index in [0.717, 1.165) is 30.8 Å². The van der Waals surface area contributed by atoms with E-state index in [1.165, 1.54) is 0 Å². The van der Waals surface area contributed by atoms with Gasteiger partial charge < -0.3 is 4.74 Å². The number of benzene rings is 1. The van der Waals surface area contributed by atoms with E-state index >= 15 is 0 Å². The zero-order chi connectivity index (χ0) is 20.1. The molecule has 1 aromatic heterocycles. The van der Waals surface area contributed by atoms with Gasteiger partial charge in [0.2, 0.25) is 0 Å². The van der Waals surface area contributed by atoms with Crippen LogP contribution in [-0.4, -0.2) is 44.9 Å². The van der Waals surface area contributed by atoms with Crippen LogP contribution in [0.1, 0.15) is 19.8 Å². The molecule has 2 aromatic rings. The summed E-state index contributed by atoms with van der Waals surface area (Å²) in [6.07, 6.45) is 3.62. The number of ether oxygens (including phenoxy) is 1. The number of piperidine rings is 1. The molecule has 8 heteroatoms. The highest BCUT2D eigenvalue weighted by Crippen LogP contribution is 2.22. The Morgan fingerprint density at radius 3 is 2.86 bits per heavy atom. The number of hydrogen-bond acceptors (Lipinski definition) is 5. The van der Waals surface area contributed by atoms with Crippen LogP contribution in [-0.2, 0) is 22.7 Å². The third kappa shape index (κ3) is 4.71. The molecule has 0 amide bonds. The van der Waals surface area contributed by atoms with E-state index in [-0.39, 0.29) is 11.9 Å². The molecule has 6 nitrogen and oxygen atoms in total. The topological polar surface area (TPSA) is 52.3 Å². The molecule has 1 aliphatic heterocycles. The normalized spacial score (nSPS) is 17.4. The van der Waals surface area contributed by atoms with Gasteiger partial charge in [0.25, 0.3) is 0 Å². The Hall–Kier alpha value is -1.96. The monoisotopic (exact) mass is 420 g/mol. The average Bonchev–Trinajstić information content (AvgIpc) is 2.99. The largest absolute Gasteiger partial charge is 0.466 e. The van der Waals surface area contributed by atoms with Gasteiger partial charge in [0, 0.05) is 23.7 Å². The van der Waals surface area contributed by atoms with Crippen molar-refractivity contribution in [2.45, 2.75) is 33.0 Å². The second-order valence-electron chi connectivity index (χ2n) is 6.82. The molecule has 0 N–H and O–H groups in total. The van der Waals surface area contributed by atoms with E-state index in [2.05, 4.69) is 11.5 Å². The van der Waals surface area contributed by atoms with E-state index in [9.17, 15) is 4.79 Å². The number of aromatic nitrogens is 3. The summed E-state index contributed by atoms with van der Waals surface area (Å²) in [6.45, 7) is 8.76. The molecule has 1 atom stereocenters. The number of carbonyl (C=O) groups is 1. The standard InChI is InChI=1S/C20H25ClN4O2S/c1-3-11-24-18(15-7-9-17(21)10-8-15)22-25(20(24)28)14-23-12-5-6-16(13-23)19(26)27-4-2/h3,7-10,16H,1,4-6,11-14H2,2H3. The molecule has 0 radical (unpaired) electrons. The molecule has 0 spiro atoms. The number of allylic oxidation sites excluding steroid dienone is 1. The molecule has 1 aliphatic rings. The lowest BCUT2D eigenvalue weighted by atomic mass is 9.99. The lowest BCUT2D eigenvalue weighted by Crippen LogP contribution is -2.40. The zero-order valence-electron chi connectivity index (χ0n) is 16.0. The molecule has 0 bridgehead atoms. The summed E-state index contributed by atoms with van der Waals surface area (Å²) in [5.74, 6) is 0.573. The first kappa shape index (κ1) is 20.8. The fraction of sp³-hybridized carbons (Fsp3) is 0.450. The second kappa shape index (κ2) is 9.49. The third-order valence-corrected chi connectivity index (χ3v) is 5.48. The van der Waals surface area contributed by atoms with Gasteiger partial charge in [0.05, 0.1) is 19.2 Å². The minimum atomic E-state index is -0.116. The van der Waals surface area contributed by atoms with Gasteiger partial charge in [0.1, 0.15) is 0 Å². The highest BCUT2D eigenvalue weighted by Gasteiger charge is 2.27. The van der Waals surface area contributed by atoms with Crippen molar-refractivity contribution in [3.05, 3.63) is 46.7 Å². The minimum absolute atomic E-state index is 0.0890. The van der Waals surface area contributed by atoms with Crippen molar-refractivity contribution in [1.82, 2.24) is 19.2 Å². The predicted octanol–water partition coefficient (Wildman–Crippen LogP) is 4.15. The molecule has 150 valence electrons. The van der Waals surface area contributed by atoms with Gasteiger partial charge in [-0.3, -0.25) is 14.3 Å². The van der Waals surface area contributed by atoms with Gasteiger partial charge in [-0.15, -0.1) is 6.58 Å². The Labute approximate surface area is 175 Å². The first-order chi connectivity index (χ1) is 13.5. The van der Waals surface area contributed by atoms with Crippen LogP contribution in [0.3, 0.4) is 0 Å². The SMILES string of the molecule is C=CCn1c(-c2ccc(Cl)cc2)nn(CN2CCCC(C(=O)OCC)C2)c1=S. The van der Waals surface area contributed by atoms with Gasteiger partial charge >= 0.3 is 5.97 Å². The van der Waals surface area contributed by atoms with Crippen molar-refractivity contribution in [3.8, 4) is 11.4 Å². The molecule has 1 unspecified atom stereocenters. The predicted molar refractivity (Wildman–Crippen MR) is 113 cm³/mol. The molecule has 2 heterocycles. The van der Waals surface area contributed by atoms with Gasteiger partial charge in [-0.2, -0.15) is 5.10 Å². The Kier molecular flexibility index (Phi) is 7.04. The summed E-state index contributed by atoms with van der Waals surface area (Å²) in [5, 5.41) is 5.43. The molecule has 3 rings (SSSR count). The number of halogens is 1. The summed E-state index contributed by atoms with van der Waals surface area (Å²) in [4.78, 5) is 14.3. The summed E-state index contributed by atoms with van der Waals surface area (Å²) in [7, 11) is 0. The summed E-state index contributed by atoms with van der Waals surface area (Å²) >= 11 is 11.7. The van der Waals surface area contributed by atoms with E-state index in [4.69, 9.17) is 33.7 Å². The Bertz CT molecular complexity index is 891. The maximum Gasteiger partial charge on any atom is 0.310 e. The lowest BCUT2D eigenvalue weighted by molar-refractivity contribution is -0.150. The summed E-state index contributed by atoms with van der Waals surface area (Å²) < 4.78 is 9.59. The number of hydrogen-bond donors (Lipinski definition) is 0. The fourth-order valence-corrected chi connectivity index (χ4v) is 3.85. The van der Waals surface area contributed by atoms with E-state index in [1.807, 2.05) is 40.4 Å². The van der Waals surface area contributed by atoms with Gasteiger partial charge in [-0.25, -0.2) is 4.68 Å². The van der Waals surface area contributed by atoms with Crippen molar-refractivity contribution in [3.63, 3.8) is 0 Å². The highest BCUT2D eigenvalue weighted by molar-refractivity contribution is 7.71. The van der Waals surface area contributed by atoms with Crippen LogP contribution < -0.4 is 0 Å². The van der Waals surface area contributed by atoms with Crippen molar-refractivity contribution in [1.29, 1.82) is 0 Å². The molecule has 1 fully saturated rings. The van der Waals surface area contributed by atoms with Crippen molar-refractivity contribution in [2.75, 3.05) is 19.7 Å². The van der Waals surface area contributed by atoms with Crippen LogP contribution in [0.15, 0.2) is 36.9 Å². The van der Waals surface area contributed by atoms with Crippen LogP contribution in [0.2, 0.25) is 5.02 Å². The van der Waals surface area contributed by atoms with Crippen LogP contribution in [0.4, 0.5) is 0 Å². The highest BCUT2D eigenvalue weighted by atomic mass is 35.5. The number of nitrogens with zero attached hydrogens (tertiary/aromatic N) is 4. The number of likely N-dealkylation sites (tertiary alicyclic amines) is 1. The maximum atomic E-state index is 12.1. The molecular weight excluding hydrogens is 396 g/mol. The molecule has 28 heavy (non-hydrogen) atoms. The summed E-state index contributed by atoms with van der Waals surface area (Å²) in [5.41, 5.74) is 0.944. The Morgan fingerprint density at radius 1 is 1.43 bits per heavy atom. The van der Waals surface area contributed by atoms with Gasteiger partial charge in [0.15, 0.2) is 10.6 Å². The van der Waals surface area contributed by atoms with Crippen molar-refractivity contribution >= 4 is 29.8 Å². The minimum Gasteiger partial charge on any atom is -0.466 e. The van der Waals surface area contributed by atoms with E-state index in [1.54, 1.807) is 6.08 Å². The number of rotatable bonds is 7. The Balaban J connectivity index is 1.83. The number of esters is 1. The third-order valence-electron chi connectivity index (χ3n) is 4.80. The van der Waals surface area contributed by atoms with E-state index < -0.39 is 0 Å². The molecule has 0 saturated carbocycles. The molecule has 1 saturated heterocycles. The first-order valence-corrected chi connectivity index (χ1v) is 10.3. The van der Waals surface area contributed by atoms with E-state index in [0.29, 0.717) is 36.2 Å². The van der Waals surface area contributed by atoms with Crippen molar-refractivity contribution in [2.24, 2.45) is 5.92 Å². The van der Waals surface area contributed by atoms with Crippen molar-refractivity contribution < 1.29 is 9.53 Å². The van der Waals surface area contributed by atoms with Gasteiger partial charge in [-0.05, 0) is 62.8 Å². The first-order valence-electron chi connectivity index (χ1n) is 9.47. The van der Waals surface area contributed by atoms with Crippen LogP contribution >= 0.6 is 23.8 Å². The zero-order valence-corrected chi connectivity index (χ0v) is 17.6. The quantitative estimate of drug-likeness (QED) is 0.382. The second-order valence-corrected chi connectivity index (χ2v) is 7.62. The maximum absolute atomic E-state index is 12.1. The lowest BCUT2D eigenvalue weighted by Gasteiger charge is -2.31. The number of carbonyl (C=O) groups excluding carboxylic acids is 1. The molecule has 1 aromatic carbocycles. The molecule has 0 aliphatic carbocycles. The fourth-order valence-electron chi connectivity index (χ4n) is 3.47. The molecular formula is C20H25ClN4O2S. The van der Waals surface area contributed by atoms with Crippen LogP contribution in [0.5, 0.6) is 0 Å². The Morgan fingerprint density at radius 2 is 2.18 bits per heavy atom. The average molecular weight is 421 g/mol. The van der Waals surface area contributed by atoms with Crippen LogP contribution in [0, 0.1) is 10.7 Å². The van der Waals surface area contributed by atoms with Crippen LogP contribution in [0.25, 0.3) is 11.4 Å². The van der Waals surface area contributed by atoms with Gasteiger partial charge in [-0.1, -0.05) is 17.7 Å².